The van der Waals surface area contributed by atoms with Crippen LogP contribution in [0.3, 0.4) is 0 Å². The van der Waals surface area contributed by atoms with Gasteiger partial charge in [-0.05, 0) is 18.9 Å². The number of methoxy groups -OCH3 is 1. The Labute approximate surface area is 118 Å². The average molecular weight is 301 g/mol. The van der Waals surface area contributed by atoms with Crippen molar-refractivity contribution in [1.82, 2.24) is 4.72 Å². The predicted molar refractivity (Wildman–Crippen MR) is 74.8 cm³/mol. The van der Waals surface area contributed by atoms with Crippen LogP contribution in [-0.4, -0.2) is 39.0 Å². The lowest BCUT2D eigenvalue weighted by Gasteiger charge is -2.26. The summed E-state index contributed by atoms with van der Waals surface area (Å²) in [6.07, 6.45) is 0.302. The first-order valence-electron chi connectivity index (χ1n) is 6.11. The smallest absolute Gasteiger partial charge is 0.329 e. The topological polar surface area (TPSA) is 92.7 Å². The second kappa shape index (κ2) is 6.83. The van der Waals surface area contributed by atoms with Crippen LogP contribution >= 0.6 is 0 Å². The van der Waals surface area contributed by atoms with E-state index < -0.39 is 21.5 Å². The number of carboxylic acids is 1. The zero-order valence-corrected chi connectivity index (χ0v) is 12.3. The van der Waals surface area contributed by atoms with Crippen molar-refractivity contribution in [3.63, 3.8) is 0 Å². The fraction of sp³-hybridized carbons (Fsp3) is 0.462. The molecule has 0 aliphatic heterocycles. The fourth-order valence-electron chi connectivity index (χ4n) is 1.75. The lowest BCUT2D eigenvalue weighted by Crippen LogP contribution is -2.50. The van der Waals surface area contributed by atoms with Crippen molar-refractivity contribution in [2.75, 3.05) is 19.5 Å². The first kappa shape index (κ1) is 16.6. The first-order valence-corrected chi connectivity index (χ1v) is 7.76. The molecule has 1 aromatic rings. The largest absolute Gasteiger partial charge is 0.480 e. The van der Waals surface area contributed by atoms with Gasteiger partial charge in [-0.2, -0.15) is 4.72 Å². The van der Waals surface area contributed by atoms with E-state index in [4.69, 9.17) is 4.74 Å². The average Bonchev–Trinajstić information content (AvgIpc) is 2.39. The Morgan fingerprint density at radius 1 is 1.35 bits per heavy atom. The molecule has 6 nitrogen and oxygen atoms in total. The van der Waals surface area contributed by atoms with Crippen molar-refractivity contribution in [1.29, 1.82) is 0 Å². The maximum Gasteiger partial charge on any atom is 0.329 e. The Morgan fingerprint density at radius 3 is 2.45 bits per heavy atom. The minimum atomic E-state index is -3.72. The Kier molecular flexibility index (Phi) is 5.67. The standard InChI is InChI=1S/C13H19NO5S/c1-13(12(15)16,11-7-4-3-5-8-11)14-20(17,18)10-6-9-19-2/h3-5,7-8,14H,6,9-10H2,1-2H3,(H,15,16). The second-order valence-corrected chi connectivity index (χ2v) is 6.41. The molecule has 1 unspecified atom stereocenters. The van der Waals surface area contributed by atoms with E-state index in [9.17, 15) is 18.3 Å². The Balaban J connectivity index is 2.96. The zero-order valence-electron chi connectivity index (χ0n) is 11.5. The number of carboxylic acid groups (broad SMARTS) is 1. The minimum absolute atomic E-state index is 0.184. The van der Waals surface area contributed by atoms with Crippen LogP contribution in [0.25, 0.3) is 0 Å². The number of ether oxygens (including phenoxy) is 1. The highest BCUT2D eigenvalue weighted by Crippen LogP contribution is 2.22. The van der Waals surface area contributed by atoms with Crippen molar-refractivity contribution in [2.45, 2.75) is 18.9 Å². The molecule has 0 aliphatic rings. The van der Waals surface area contributed by atoms with Gasteiger partial charge < -0.3 is 9.84 Å². The van der Waals surface area contributed by atoms with Gasteiger partial charge in [-0.25, -0.2) is 13.2 Å². The molecule has 0 aliphatic carbocycles. The molecular weight excluding hydrogens is 282 g/mol. The van der Waals surface area contributed by atoms with Gasteiger partial charge in [-0.1, -0.05) is 30.3 Å². The van der Waals surface area contributed by atoms with Gasteiger partial charge in [-0.15, -0.1) is 0 Å². The quantitative estimate of drug-likeness (QED) is 0.697. The third-order valence-electron chi connectivity index (χ3n) is 2.90. The van der Waals surface area contributed by atoms with Crippen molar-refractivity contribution in [3.8, 4) is 0 Å². The van der Waals surface area contributed by atoms with Gasteiger partial charge in [0, 0.05) is 13.7 Å². The Hall–Kier alpha value is -1.44. The van der Waals surface area contributed by atoms with E-state index in [0.29, 0.717) is 18.6 Å². The predicted octanol–water partition coefficient (Wildman–Crippen LogP) is 0.942. The zero-order chi connectivity index (χ0) is 15.2. The molecule has 0 radical (unpaired) electrons. The molecule has 0 aromatic heterocycles. The summed E-state index contributed by atoms with van der Waals surface area (Å²) in [7, 11) is -2.24. The van der Waals surface area contributed by atoms with Gasteiger partial charge in [-0.3, -0.25) is 0 Å². The molecule has 0 spiro atoms. The summed E-state index contributed by atoms with van der Waals surface area (Å²) in [4.78, 5) is 11.5. The molecule has 112 valence electrons. The first-order chi connectivity index (χ1) is 9.32. The van der Waals surface area contributed by atoms with Crippen molar-refractivity contribution in [3.05, 3.63) is 35.9 Å². The summed E-state index contributed by atoms with van der Waals surface area (Å²) >= 11 is 0. The Bertz CT molecular complexity index is 543. The summed E-state index contributed by atoms with van der Waals surface area (Å²) in [6.45, 7) is 1.63. The molecular formula is C13H19NO5S. The van der Waals surface area contributed by atoms with Crippen LogP contribution in [-0.2, 0) is 25.1 Å². The maximum absolute atomic E-state index is 12.0. The molecule has 20 heavy (non-hydrogen) atoms. The van der Waals surface area contributed by atoms with Crippen LogP contribution in [0.2, 0.25) is 0 Å². The SMILES string of the molecule is COCCCS(=O)(=O)NC(C)(C(=O)O)c1ccccc1. The number of aliphatic carboxylic acids is 1. The van der Waals surface area contributed by atoms with Gasteiger partial charge >= 0.3 is 5.97 Å². The number of benzene rings is 1. The highest BCUT2D eigenvalue weighted by Gasteiger charge is 2.38. The second-order valence-electron chi connectivity index (χ2n) is 4.56. The van der Waals surface area contributed by atoms with E-state index >= 15 is 0 Å². The van der Waals surface area contributed by atoms with Gasteiger partial charge in [0.1, 0.15) is 0 Å². The number of nitrogens with one attached hydrogen (secondary N) is 1. The van der Waals surface area contributed by atoms with Crippen LogP contribution in [0.1, 0.15) is 18.9 Å². The highest BCUT2D eigenvalue weighted by molar-refractivity contribution is 7.89. The monoisotopic (exact) mass is 301 g/mol. The summed E-state index contributed by atoms with van der Waals surface area (Å²) < 4.78 is 31.0. The van der Waals surface area contributed by atoms with Crippen LogP contribution in [0.4, 0.5) is 0 Å². The summed E-state index contributed by atoms with van der Waals surface area (Å²) in [5.74, 6) is -1.43. The molecule has 7 heteroatoms. The summed E-state index contributed by atoms with van der Waals surface area (Å²) in [5.41, 5.74) is -1.31. The lowest BCUT2D eigenvalue weighted by atomic mass is 9.94. The van der Waals surface area contributed by atoms with E-state index in [-0.39, 0.29) is 5.75 Å². The molecule has 0 amide bonds. The van der Waals surface area contributed by atoms with Crippen molar-refractivity contribution >= 4 is 16.0 Å². The molecule has 0 saturated heterocycles. The fourth-order valence-corrected chi connectivity index (χ4v) is 3.18. The number of carbonyl (C=O) groups is 1. The van der Waals surface area contributed by atoms with Gasteiger partial charge in [0.25, 0.3) is 0 Å². The minimum Gasteiger partial charge on any atom is -0.480 e. The van der Waals surface area contributed by atoms with E-state index in [1.54, 1.807) is 30.3 Å². The van der Waals surface area contributed by atoms with Crippen LogP contribution < -0.4 is 4.72 Å². The van der Waals surface area contributed by atoms with Gasteiger partial charge in [0.2, 0.25) is 10.0 Å². The molecule has 1 aromatic carbocycles. The molecule has 0 heterocycles. The van der Waals surface area contributed by atoms with Crippen molar-refractivity contribution < 1.29 is 23.1 Å². The molecule has 0 saturated carbocycles. The van der Waals surface area contributed by atoms with Crippen LogP contribution in [0.5, 0.6) is 0 Å². The molecule has 0 fully saturated rings. The van der Waals surface area contributed by atoms with Crippen molar-refractivity contribution in [2.24, 2.45) is 0 Å². The third kappa shape index (κ3) is 4.29. The number of hydrogen-bond donors (Lipinski definition) is 2. The van der Waals surface area contributed by atoms with E-state index in [0.717, 1.165) is 0 Å². The number of hydrogen-bond acceptors (Lipinski definition) is 4. The third-order valence-corrected chi connectivity index (χ3v) is 4.45. The molecule has 2 N–H and O–H groups in total. The van der Waals surface area contributed by atoms with Crippen LogP contribution in [0, 0.1) is 0 Å². The summed E-state index contributed by atoms with van der Waals surface area (Å²) in [5, 5.41) is 9.37. The van der Waals surface area contributed by atoms with Crippen LogP contribution in [0.15, 0.2) is 30.3 Å². The highest BCUT2D eigenvalue weighted by atomic mass is 32.2. The van der Waals surface area contributed by atoms with Gasteiger partial charge in [0.05, 0.1) is 5.75 Å². The Morgan fingerprint density at radius 2 is 1.95 bits per heavy atom. The molecule has 1 atom stereocenters. The number of sulfonamides is 1. The molecule has 1 rings (SSSR count). The lowest BCUT2D eigenvalue weighted by molar-refractivity contribution is -0.143. The number of rotatable bonds is 8. The van der Waals surface area contributed by atoms with E-state index in [2.05, 4.69) is 4.72 Å². The van der Waals surface area contributed by atoms with E-state index in [1.165, 1.54) is 14.0 Å². The summed E-state index contributed by atoms with van der Waals surface area (Å²) in [6, 6.07) is 8.21. The maximum atomic E-state index is 12.0. The van der Waals surface area contributed by atoms with E-state index in [1.807, 2.05) is 0 Å². The van der Waals surface area contributed by atoms with Gasteiger partial charge in [0.15, 0.2) is 5.54 Å². The molecule has 0 bridgehead atoms. The normalized spacial score (nSPS) is 14.7.